The normalized spacial score (nSPS) is 14.8. The molecule has 2 aromatic carbocycles. The number of rotatable bonds is 5. The van der Waals surface area contributed by atoms with Crippen LogP contribution in [0.3, 0.4) is 0 Å². The van der Waals surface area contributed by atoms with Gasteiger partial charge in [-0.05, 0) is 42.0 Å². The summed E-state index contributed by atoms with van der Waals surface area (Å²) in [6.45, 7) is 0. The highest BCUT2D eigenvalue weighted by molar-refractivity contribution is 7.89. The molecular weight excluding hydrogens is 382 g/mol. The number of esters is 1. The van der Waals surface area contributed by atoms with Gasteiger partial charge in [0.05, 0.1) is 17.6 Å². The molecule has 0 fully saturated rings. The summed E-state index contributed by atoms with van der Waals surface area (Å²) in [4.78, 5) is 23.7. The zero-order valence-electron chi connectivity index (χ0n) is 14.8. The van der Waals surface area contributed by atoms with Crippen molar-refractivity contribution in [1.82, 2.24) is 0 Å². The van der Waals surface area contributed by atoms with E-state index in [9.17, 15) is 18.0 Å². The fourth-order valence-corrected chi connectivity index (χ4v) is 3.19. The summed E-state index contributed by atoms with van der Waals surface area (Å²) in [6.07, 6.45) is 4.36. The molecule has 9 heteroatoms. The second-order valence-electron chi connectivity index (χ2n) is 5.85. The maximum absolute atomic E-state index is 12.4. The zero-order valence-corrected chi connectivity index (χ0v) is 15.6. The Balaban J connectivity index is 1.91. The van der Waals surface area contributed by atoms with Gasteiger partial charge in [-0.15, -0.1) is 0 Å². The van der Waals surface area contributed by atoms with E-state index in [4.69, 9.17) is 5.14 Å². The molecule has 0 aromatic heterocycles. The predicted octanol–water partition coefficient (Wildman–Crippen LogP) is 1.93. The molecule has 0 saturated carbocycles. The minimum Gasteiger partial charge on any atom is -0.466 e. The third-order valence-corrected chi connectivity index (χ3v) is 4.95. The van der Waals surface area contributed by atoms with Crippen LogP contribution in [0.1, 0.15) is 11.1 Å². The van der Waals surface area contributed by atoms with Crippen LogP contribution in [-0.2, 0) is 24.3 Å². The van der Waals surface area contributed by atoms with E-state index in [0.29, 0.717) is 28.1 Å². The molecule has 1 heterocycles. The van der Waals surface area contributed by atoms with Crippen LogP contribution in [0.4, 0.5) is 11.4 Å². The standard InChI is InChI=1S/C19H17N3O5S/c1-27-17(23)10-5-12-3-2-4-16-18(12)15(19(24)22-16)11-21-13-6-8-14(9-7-13)28(20,25)26/h2-11,21H,1H3,(H,22,24)(H2,20,25,26)/b10-5+,15-11-. The number of hydrogen-bond acceptors (Lipinski definition) is 6. The molecule has 0 spiro atoms. The Kier molecular flexibility index (Phi) is 5.30. The number of hydrogen-bond donors (Lipinski definition) is 3. The van der Waals surface area contributed by atoms with E-state index < -0.39 is 16.0 Å². The summed E-state index contributed by atoms with van der Waals surface area (Å²) in [6, 6.07) is 11.1. The van der Waals surface area contributed by atoms with E-state index in [1.165, 1.54) is 43.7 Å². The van der Waals surface area contributed by atoms with Crippen LogP contribution < -0.4 is 15.8 Å². The Morgan fingerprint density at radius 3 is 2.54 bits per heavy atom. The molecule has 0 radical (unpaired) electrons. The lowest BCUT2D eigenvalue weighted by Crippen LogP contribution is -2.11. The van der Waals surface area contributed by atoms with E-state index >= 15 is 0 Å². The lowest BCUT2D eigenvalue weighted by Gasteiger charge is -2.06. The molecule has 1 aliphatic rings. The van der Waals surface area contributed by atoms with Gasteiger partial charge < -0.3 is 15.4 Å². The number of amides is 1. The molecule has 0 saturated heterocycles. The van der Waals surface area contributed by atoms with Crippen molar-refractivity contribution < 1.29 is 22.7 Å². The average Bonchev–Trinajstić information content (AvgIpc) is 2.99. The van der Waals surface area contributed by atoms with Crippen molar-refractivity contribution in [2.75, 3.05) is 17.7 Å². The fourth-order valence-electron chi connectivity index (χ4n) is 2.68. The molecule has 2 aromatic rings. The number of fused-ring (bicyclic) bond motifs is 1. The number of methoxy groups -OCH3 is 1. The van der Waals surface area contributed by atoms with Gasteiger partial charge in [-0.1, -0.05) is 12.1 Å². The molecule has 8 nitrogen and oxygen atoms in total. The Morgan fingerprint density at radius 2 is 1.89 bits per heavy atom. The lowest BCUT2D eigenvalue weighted by molar-refractivity contribution is -0.134. The van der Waals surface area contributed by atoms with E-state index in [-0.39, 0.29) is 10.8 Å². The van der Waals surface area contributed by atoms with Gasteiger partial charge in [-0.25, -0.2) is 18.4 Å². The molecule has 144 valence electrons. The Hall–Kier alpha value is -3.43. The van der Waals surface area contributed by atoms with Crippen molar-refractivity contribution in [2.24, 2.45) is 5.14 Å². The van der Waals surface area contributed by atoms with Gasteiger partial charge in [0.15, 0.2) is 0 Å². The van der Waals surface area contributed by atoms with Crippen LogP contribution in [-0.4, -0.2) is 27.4 Å². The lowest BCUT2D eigenvalue weighted by atomic mass is 10.0. The van der Waals surface area contributed by atoms with E-state index in [2.05, 4.69) is 15.4 Å². The molecule has 0 aliphatic carbocycles. The first-order valence-electron chi connectivity index (χ1n) is 8.10. The Labute approximate surface area is 161 Å². The fraction of sp³-hybridized carbons (Fsp3) is 0.0526. The van der Waals surface area contributed by atoms with Crippen LogP contribution in [0.25, 0.3) is 11.6 Å². The van der Waals surface area contributed by atoms with Crippen LogP contribution in [0.15, 0.2) is 59.6 Å². The first kappa shape index (κ1) is 19.3. The van der Waals surface area contributed by atoms with Crippen molar-refractivity contribution in [3.05, 3.63) is 65.9 Å². The third-order valence-electron chi connectivity index (χ3n) is 4.03. The van der Waals surface area contributed by atoms with Gasteiger partial charge in [0, 0.05) is 29.2 Å². The molecule has 0 bridgehead atoms. The van der Waals surface area contributed by atoms with Crippen LogP contribution in [0, 0.1) is 0 Å². The summed E-state index contributed by atoms with van der Waals surface area (Å²) in [5, 5.41) is 10.8. The first-order valence-corrected chi connectivity index (χ1v) is 9.64. The first-order chi connectivity index (χ1) is 13.3. The molecule has 28 heavy (non-hydrogen) atoms. The molecular formula is C19H17N3O5S. The second-order valence-corrected chi connectivity index (χ2v) is 7.41. The van der Waals surface area contributed by atoms with E-state index in [0.717, 1.165) is 0 Å². The highest BCUT2D eigenvalue weighted by atomic mass is 32.2. The minimum absolute atomic E-state index is 0.00936. The Bertz CT molecular complexity index is 1100. The number of carbonyl (C=O) groups is 2. The second kappa shape index (κ2) is 7.67. The molecule has 1 aliphatic heterocycles. The number of benzene rings is 2. The largest absolute Gasteiger partial charge is 0.466 e. The summed E-state index contributed by atoms with van der Waals surface area (Å²) in [5.74, 6) is -0.809. The summed E-state index contributed by atoms with van der Waals surface area (Å²) < 4.78 is 27.2. The highest BCUT2D eigenvalue weighted by Gasteiger charge is 2.26. The maximum atomic E-state index is 12.4. The third kappa shape index (κ3) is 4.11. The molecule has 0 atom stereocenters. The van der Waals surface area contributed by atoms with Crippen LogP contribution in [0.5, 0.6) is 0 Å². The molecule has 1 amide bonds. The number of nitrogens with one attached hydrogen (secondary N) is 2. The molecule has 3 rings (SSSR count). The van der Waals surface area contributed by atoms with E-state index in [1.54, 1.807) is 24.3 Å². The van der Waals surface area contributed by atoms with Gasteiger partial charge in [0.25, 0.3) is 5.91 Å². The average molecular weight is 399 g/mol. The van der Waals surface area contributed by atoms with Gasteiger partial charge >= 0.3 is 5.97 Å². The van der Waals surface area contributed by atoms with Gasteiger partial charge in [0.2, 0.25) is 10.0 Å². The van der Waals surface area contributed by atoms with Crippen LogP contribution >= 0.6 is 0 Å². The van der Waals surface area contributed by atoms with Crippen molar-refractivity contribution in [2.45, 2.75) is 4.90 Å². The van der Waals surface area contributed by atoms with Crippen molar-refractivity contribution in [1.29, 1.82) is 0 Å². The van der Waals surface area contributed by atoms with Crippen molar-refractivity contribution in [3.8, 4) is 0 Å². The number of ether oxygens (including phenoxy) is 1. The molecule has 0 unspecified atom stereocenters. The van der Waals surface area contributed by atoms with Gasteiger partial charge in [0.1, 0.15) is 0 Å². The number of nitrogens with two attached hydrogens (primary N) is 1. The van der Waals surface area contributed by atoms with Crippen molar-refractivity contribution in [3.63, 3.8) is 0 Å². The Morgan fingerprint density at radius 1 is 1.18 bits per heavy atom. The zero-order chi connectivity index (χ0) is 20.3. The smallest absolute Gasteiger partial charge is 0.330 e. The number of primary sulfonamides is 1. The topological polar surface area (TPSA) is 128 Å². The van der Waals surface area contributed by atoms with Gasteiger partial charge in [-0.2, -0.15) is 0 Å². The summed E-state index contributed by atoms with van der Waals surface area (Å²) in [5.41, 5.74) is 2.87. The number of sulfonamides is 1. The summed E-state index contributed by atoms with van der Waals surface area (Å²) in [7, 11) is -2.49. The van der Waals surface area contributed by atoms with Gasteiger partial charge in [-0.3, -0.25) is 4.79 Å². The van der Waals surface area contributed by atoms with Crippen molar-refractivity contribution >= 4 is 44.9 Å². The number of anilines is 2. The maximum Gasteiger partial charge on any atom is 0.330 e. The van der Waals surface area contributed by atoms with E-state index in [1.807, 2.05) is 0 Å². The predicted molar refractivity (Wildman–Crippen MR) is 106 cm³/mol. The number of carbonyl (C=O) groups excluding carboxylic acids is 2. The SMILES string of the molecule is COC(=O)/C=C/c1cccc2c1/C(=C/Nc1ccc(S(N)(=O)=O)cc1)C(=O)N2. The van der Waals surface area contributed by atoms with Crippen LogP contribution in [0.2, 0.25) is 0 Å². The summed E-state index contributed by atoms with van der Waals surface area (Å²) >= 11 is 0. The quantitative estimate of drug-likeness (QED) is 0.521. The highest BCUT2D eigenvalue weighted by Crippen LogP contribution is 2.35. The minimum atomic E-state index is -3.77. The monoisotopic (exact) mass is 399 g/mol. The molecule has 4 N–H and O–H groups in total.